The van der Waals surface area contributed by atoms with E-state index in [1.165, 1.54) is 13.8 Å². The van der Waals surface area contributed by atoms with E-state index in [1.54, 1.807) is 36.4 Å². The molecule has 1 aliphatic rings. The van der Waals surface area contributed by atoms with Crippen LogP contribution in [0.25, 0.3) is 11.3 Å². The number of carbonyl (C=O) groups is 2. The zero-order valence-corrected chi connectivity index (χ0v) is 22.0. The predicted molar refractivity (Wildman–Crippen MR) is 141 cm³/mol. The average molecular weight is 517 g/mol. The van der Waals surface area contributed by atoms with Crippen molar-refractivity contribution in [3.8, 4) is 17.3 Å². The highest BCUT2D eigenvalue weighted by molar-refractivity contribution is 5.95. The second-order valence-electron chi connectivity index (χ2n) is 10.0. The van der Waals surface area contributed by atoms with E-state index in [4.69, 9.17) is 5.26 Å². The number of hydrogen-bond donors (Lipinski definition) is 3. The minimum atomic E-state index is -1.37. The van der Waals surface area contributed by atoms with E-state index >= 15 is 0 Å². The van der Waals surface area contributed by atoms with Crippen LogP contribution in [0.3, 0.4) is 0 Å². The van der Waals surface area contributed by atoms with Gasteiger partial charge in [-0.15, -0.1) is 0 Å². The summed E-state index contributed by atoms with van der Waals surface area (Å²) in [5.41, 5.74) is 2.29. The molecular formula is C27H32N8O3. The Hall–Kier alpha value is -4.30. The summed E-state index contributed by atoms with van der Waals surface area (Å²) in [6.07, 6.45) is 6.85. The summed E-state index contributed by atoms with van der Waals surface area (Å²) < 4.78 is 1.89. The molecule has 1 aromatic carbocycles. The number of aryl methyl sites for hydroxylation is 1. The highest BCUT2D eigenvalue weighted by atomic mass is 16.3. The van der Waals surface area contributed by atoms with Gasteiger partial charge < -0.3 is 20.6 Å². The van der Waals surface area contributed by atoms with Crippen LogP contribution in [0, 0.1) is 18.3 Å². The molecule has 11 heteroatoms. The highest BCUT2D eigenvalue weighted by Gasteiger charge is 2.32. The lowest BCUT2D eigenvalue weighted by Gasteiger charge is -2.35. The number of benzene rings is 1. The summed E-state index contributed by atoms with van der Waals surface area (Å²) in [6, 6.07) is 8.60. The third kappa shape index (κ3) is 6.15. The van der Waals surface area contributed by atoms with Gasteiger partial charge in [-0.1, -0.05) is 12.1 Å². The van der Waals surface area contributed by atoms with Crippen LogP contribution in [-0.4, -0.2) is 66.3 Å². The molecule has 0 radical (unpaired) electrons. The van der Waals surface area contributed by atoms with Crippen LogP contribution >= 0.6 is 0 Å². The normalized spacial score (nSPS) is 15.0. The number of aliphatic hydroxyl groups is 1. The third-order valence-corrected chi connectivity index (χ3v) is 6.44. The summed E-state index contributed by atoms with van der Waals surface area (Å²) in [5.74, 6) is -0.142. The van der Waals surface area contributed by atoms with Gasteiger partial charge in [0.1, 0.15) is 11.6 Å². The maximum Gasteiger partial charge on any atom is 0.253 e. The summed E-state index contributed by atoms with van der Waals surface area (Å²) >= 11 is 0. The van der Waals surface area contributed by atoms with E-state index in [-0.39, 0.29) is 17.9 Å². The molecule has 1 fully saturated rings. The van der Waals surface area contributed by atoms with E-state index < -0.39 is 11.6 Å². The van der Waals surface area contributed by atoms with Gasteiger partial charge in [-0.25, -0.2) is 9.97 Å². The quantitative estimate of drug-likeness (QED) is 0.434. The fourth-order valence-electron chi connectivity index (χ4n) is 4.34. The SMILES string of the molecule is Cc1cnc(Nc2cnn(C3CCN(C(=O)C(C)(C)O)CC3)c2)nc1-c1ccc(C(=O)NC(C)C#N)cc1. The van der Waals surface area contributed by atoms with E-state index in [2.05, 4.69) is 25.7 Å². The van der Waals surface area contributed by atoms with E-state index in [0.29, 0.717) is 24.6 Å². The number of piperidine rings is 1. The van der Waals surface area contributed by atoms with Gasteiger partial charge in [0, 0.05) is 36.6 Å². The molecule has 2 amide bonds. The van der Waals surface area contributed by atoms with Crippen molar-refractivity contribution in [2.24, 2.45) is 0 Å². The molecule has 0 spiro atoms. The van der Waals surface area contributed by atoms with Crippen LogP contribution in [0.15, 0.2) is 42.9 Å². The first kappa shape index (κ1) is 26.8. The lowest BCUT2D eigenvalue weighted by atomic mass is 10.0. The molecular weight excluding hydrogens is 484 g/mol. The van der Waals surface area contributed by atoms with Crippen LogP contribution in [0.2, 0.25) is 0 Å². The summed E-state index contributed by atoms with van der Waals surface area (Å²) in [6.45, 7) is 7.70. The van der Waals surface area contributed by atoms with Crippen molar-refractivity contribution in [2.75, 3.05) is 18.4 Å². The fraction of sp³-hybridized carbons (Fsp3) is 0.407. The van der Waals surface area contributed by atoms with Gasteiger partial charge >= 0.3 is 0 Å². The fourth-order valence-corrected chi connectivity index (χ4v) is 4.34. The van der Waals surface area contributed by atoms with Gasteiger partial charge in [-0.05, 0) is 58.2 Å². The number of anilines is 2. The van der Waals surface area contributed by atoms with Crippen LogP contribution in [0.4, 0.5) is 11.6 Å². The Morgan fingerprint density at radius 1 is 1.18 bits per heavy atom. The highest BCUT2D eigenvalue weighted by Crippen LogP contribution is 2.27. The molecule has 0 saturated carbocycles. The third-order valence-electron chi connectivity index (χ3n) is 6.44. The van der Waals surface area contributed by atoms with Crippen molar-refractivity contribution in [2.45, 2.75) is 58.2 Å². The standard InChI is InChI=1S/C27H32N8O3/c1-17-14-29-26(33-23(17)19-5-7-20(8-6-19)24(36)31-18(2)13-28)32-21-15-30-35(16-21)22-9-11-34(12-10-22)25(37)27(3,4)38/h5-8,14-16,18,22,38H,9-12H2,1-4H3,(H,31,36)(H,29,32,33). The Labute approximate surface area is 221 Å². The number of nitriles is 1. The maximum absolute atomic E-state index is 12.3. The summed E-state index contributed by atoms with van der Waals surface area (Å²) in [4.78, 5) is 35.4. The molecule has 3 heterocycles. The number of rotatable bonds is 7. The van der Waals surface area contributed by atoms with Crippen LogP contribution in [-0.2, 0) is 4.79 Å². The minimum absolute atomic E-state index is 0.151. The lowest BCUT2D eigenvalue weighted by molar-refractivity contribution is -0.149. The van der Waals surface area contributed by atoms with Crippen molar-refractivity contribution >= 4 is 23.5 Å². The van der Waals surface area contributed by atoms with Gasteiger partial charge in [0.2, 0.25) is 5.95 Å². The molecule has 1 atom stereocenters. The molecule has 1 unspecified atom stereocenters. The first-order chi connectivity index (χ1) is 18.0. The van der Waals surface area contributed by atoms with E-state index in [0.717, 1.165) is 35.3 Å². The maximum atomic E-state index is 12.3. The number of aromatic nitrogens is 4. The Balaban J connectivity index is 1.41. The Morgan fingerprint density at radius 3 is 2.50 bits per heavy atom. The molecule has 3 aromatic rings. The molecule has 1 saturated heterocycles. The molecule has 38 heavy (non-hydrogen) atoms. The van der Waals surface area contributed by atoms with E-state index in [9.17, 15) is 14.7 Å². The molecule has 3 N–H and O–H groups in total. The Morgan fingerprint density at radius 2 is 1.87 bits per heavy atom. The molecule has 4 rings (SSSR count). The smallest absolute Gasteiger partial charge is 0.253 e. The summed E-state index contributed by atoms with van der Waals surface area (Å²) in [7, 11) is 0. The van der Waals surface area contributed by atoms with Crippen molar-refractivity contribution in [3.05, 3.63) is 54.0 Å². The number of carbonyl (C=O) groups excluding carboxylic acids is 2. The lowest BCUT2D eigenvalue weighted by Crippen LogP contribution is -2.48. The molecule has 0 aliphatic carbocycles. The largest absolute Gasteiger partial charge is 0.381 e. The molecule has 198 valence electrons. The zero-order valence-electron chi connectivity index (χ0n) is 22.0. The van der Waals surface area contributed by atoms with Gasteiger partial charge in [0.05, 0.1) is 29.7 Å². The van der Waals surface area contributed by atoms with Crippen molar-refractivity contribution in [3.63, 3.8) is 0 Å². The number of likely N-dealkylation sites (tertiary alicyclic amines) is 1. The number of amides is 2. The zero-order chi connectivity index (χ0) is 27.4. The van der Waals surface area contributed by atoms with Crippen LogP contribution < -0.4 is 10.6 Å². The number of nitrogens with zero attached hydrogens (tertiary/aromatic N) is 6. The summed E-state index contributed by atoms with van der Waals surface area (Å²) in [5, 5.41) is 29.2. The molecule has 1 aliphatic heterocycles. The van der Waals surface area contributed by atoms with Crippen molar-refractivity contribution in [1.82, 2.24) is 30.0 Å². The van der Waals surface area contributed by atoms with Gasteiger partial charge in [-0.2, -0.15) is 10.4 Å². The second kappa shape index (κ2) is 11.0. The van der Waals surface area contributed by atoms with Crippen molar-refractivity contribution in [1.29, 1.82) is 5.26 Å². The topological polar surface area (TPSA) is 149 Å². The van der Waals surface area contributed by atoms with Gasteiger partial charge in [-0.3, -0.25) is 14.3 Å². The minimum Gasteiger partial charge on any atom is -0.381 e. The molecule has 0 bridgehead atoms. The number of hydrogen-bond acceptors (Lipinski definition) is 8. The second-order valence-corrected chi connectivity index (χ2v) is 10.0. The van der Waals surface area contributed by atoms with Crippen molar-refractivity contribution < 1.29 is 14.7 Å². The van der Waals surface area contributed by atoms with Crippen LogP contribution in [0.5, 0.6) is 0 Å². The van der Waals surface area contributed by atoms with Crippen LogP contribution in [0.1, 0.15) is 55.6 Å². The molecule has 11 nitrogen and oxygen atoms in total. The Kier molecular flexibility index (Phi) is 7.73. The van der Waals surface area contributed by atoms with Gasteiger partial charge in [0.25, 0.3) is 11.8 Å². The molecule has 2 aromatic heterocycles. The average Bonchev–Trinajstić information content (AvgIpc) is 3.37. The Bertz CT molecular complexity index is 1350. The monoisotopic (exact) mass is 516 g/mol. The first-order valence-electron chi connectivity index (χ1n) is 12.5. The number of nitrogens with one attached hydrogen (secondary N) is 2. The predicted octanol–water partition coefficient (Wildman–Crippen LogP) is 2.97. The first-order valence-corrected chi connectivity index (χ1v) is 12.5. The van der Waals surface area contributed by atoms with Gasteiger partial charge in [0.15, 0.2) is 0 Å². The van der Waals surface area contributed by atoms with E-state index in [1.807, 2.05) is 36.0 Å².